The summed E-state index contributed by atoms with van der Waals surface area (Å²) in [7, 11) is 0. The van der Waals surface area contributed by atoms with Gasteiger partial charge in [-0.15, -0.1) is 0 Å². The monoisotopic (exact) mass is 318 g/mol. The average molecular weight is 318 g/mol. The largest absolute Gasteiger partial charge is 0.395 e. The first-order chi connectivity index (χ1) is 10.9. The molecule has 0 aromatic heterocycles. The summed E-state index contributed by atoms with van der Waals surface area (Å²) >= 11 is 0. The second-order valence-electron chi connectivity index (χ2n) is 9.03. The van der Waals surface area contributed by atoms with Gasteiger partial charge in [0.1, 0.15) is 0 Å². The zero-order valence-electron chi connectivity index (χ0n) is 14.4. The van der Waals surface area contributed by atoms with Crippen LogP contribution < -0.4 is 0 Å². The second kappa shape index (κ2) is 5.16. The van der Waals surface area contributed by atoms with Crippen molar-refractivity contribution >= 4 is 5.78 Å². The zero-order valence-corrected chi connectivity index (χ0v) is 14.4. The summed E-state index contributed by atoms with van der Waals surface area (Å²) in [4.78, 5) is 12.0. The first kappa shape index (κ1) is 15.8. The first-order valence-electron chi connectivity index (χ1n) is 9.46. The molecular formula is C20H30O3. The van der Waals surface area contributed by atoms with E-state index in [1.165, 1.54) is 5.57 Å². The molecule has 0 aromatic rings. The molecule has 0 bridgehead atoms. The molecule has 0 aromatic carbocycles. The first-order valence-corrected chi connectivity index (χ1v) is 9.46. The van der Waals surface area contributed by atoms with Crippen molar-refractivity contribution in [2.24, 2.45) is 34.5 Å². The quantitative estimate of drug-likeness (QED) is 0.781. The Morgan fingerprint density at radius 1 is 1.22 bits per heavy atom. The van der Waals surface area contributed by atoms with Crippen LogP contribution in [0.1, 0.15) is 58.8 Å². The van der Waals surface area contributed by atoms with E-state index in [1.54, 1.807) is 0 Å². The molecule has 7 atom stereocenters. The van der Waals surface area contributed by atoms with Gasteiger partial charge in [0.15, 0.2) is 5.78 Å². The Morgan fingerprint density at radius 2 is 2.00 bits per heavy atom. The number of rotatable bonds is 1. The molecule has 3 nitrogen and oxygen atoms in total. The van der Waals surface area contributed by atoms with Crippen molar-refractivity contribution in [3.8, 4) is 0 Å². The number of carbonyl (C=O) groups is 1. The van der Waals surface area contributed by atoms with Crippen LogP contribution in [0.15, 0.2) is 11.6 Å². The smallest absolute Gasteiger partial charge is 0.155 e. The third-order valence-corrected chi connectivity index (χ3v) is 8.24. The maximum absolute atomic E-state index is 12.0. The summed E-state index contributed by atoms with van der Waals surface area (Å²) in [5, 5.41) is 20.9. The summed E-state index contributed by atoms with van der Waals surface area (Å²) < 4.78 is 0. The molecule has 4 aliphatic rings. The van der Waals surface area contributed by atoms with E-state index in [2.05, 4.69) is 13.8 Å². The maximum atomic E-state index is 12.0. The lowest BCUT2D eigenvalue weighted by molar-refractivity contribution is -0.121. The van der Waals surface area contributed by atoms with Crippen LogP contribution in [-0.2, 0) is 4.79 Å². The topological polar surface area (TPSA) is 57.5 Å². The van der Waals surface area contributed by atoms with Gasteiger partial charge in [-0.3, -0.25) is 4.79 Å². The van der Waals surface area contributed by atoms with Crippen molar-refractivity contribution in [2.45, 2.75) is 64.9 Å². The number of hydrogen-bond donors (Lipinski definition) is 2. The Labute approximate surface area is 139 Å². The molecule has 3 saturated carbocycles. The number of ketones is 1. The van der Waals surface area contributed by atoms with Crippen molar-refractivity contribution in [3.05, 3.63) is 11.6 Å². The van der Waals surface area contributed by atoms with Gasteiger partial charge < -0.3 is 10.2 Å². The van der Waals surface area contributed by atoms with E-state index in [-0.39, 0.29) is 29.3 Å². The van der Waals surface area contributed by atoms with Crippen LogP contribution in [0.2, 0.25) is 0 Å². The molecular weight excluding hydrogens is 288 g/mol. The van der Waals surface area contributed by atoms with Gasteiger partial charge in [-0.1, -0.05) is 19.4 Å². The Hall–Kier alpha value is -0.670. The van der Waals surface area contributed by atoms with E-state index in [4.69, 9.17) is 0 Å². The van der Waals surface area contributed by atoms with Gasteiger partial charge in [0, 0.05) is 11.8 Å². The van der Waals surface area contributed by atoms with Gasteiger partial charge in [0.25, 0.3) is 0 Å². The molecule has 0 spiro atoms. The fourth-order valence-electron chi connectivity index (χ4n) is 7.01. The average Bonchev–Trinajstić information content (AvgIpc) is 2.84. The van der Waals surface area contributed by atoms with E-state index < -0.39 is 0 Å². The minimum absolute atomic E-state index is 0.0727. The summed E-state index contributed by atoms with van der Waals surface area (Å²) in [5.41, 5.74) is 1.15. The number of fused-ring (bicyclic) bond motifs is 5. The van der Waals surface area contributed by atoms with E-state index in [1.807, 2.05) is 6.08 Å². The summed E-state index contributed by atoms with van der Waals surface area (Å²) in [6.45, 7) is 4.71. The molecule has 0 unspecified atom stereocenters. The molecule has 23 heavy (non-hydrogen) atoms. The number of aliphatic hydroxyl groups excluding tert-OH is 2. The molecule has 3 heteroatoms. The highest BCUT2D eigenvalue weighted by Gasteiger charge is 2.61. The number of carbonyl (C=O) groups excluding carboxylic acids is 1. The van der Waals surface area contributed by atoms with Crippen molar-refractivity contribution in [1.29, 1.82) is 0 Å². The molecule has 3 fully saturated rings. The fraction of sp³-hybridized carbons (Fsp3) is 0.850. The van der Waals surface area contributed by atoms with E-state index in [9.17, 15) is 15.0 Å². The van der Waals surface area contributed by atoms with Gasteiger partial charge in [-0.2, -0.15) is 0 Å². The van der Waals surface area contributed by atoms with Crippen LogP contribution in [-0.4, -0.2) is 28.7 Å². The zero-order chi connectivity index (χ0) is 16.4. The normalized spacial score (nSPS) is 52.4. The lowest BCUT2D eigenvalue weighted by atomic mass is 9.45. The van der Waals surface area contributed by atoms with E-state index >= 15 is 0 Å². The molecule has 0 aliphatic heterocycles. The Kier molecular flexibility index (Phi) is 3.55. The Balaban J connectivity index is 1.75. The van der Waals surface area contributed by atoms with Crippen molar-refractivity contribution in [1.82, 2.24) is 0 Å². The van der Waals surface area contributed by atoms with Crippen molar-refractivity contribution in [2.75, 3.05) is 6.61 Å². The highest BCUT2D eigenvalue weighted by Crippen LogP contribution is 2.66. The predicted octanol–water partition coefficient (Wildman–Crippen LogP) is 3.10. The molecule has 0 saturated heterocycles. The van der Waals surface area contributed by atoms with Crippen LogP contribution in [0.3, 0.4) is 0 Å². The highest BCUT2D eigenvalue weighted by atomic mass is 16.3. The number of aliphatic hydroxyl groups is 2. The van der Waals surface area contributed by atoms with Gasteiger partial charge >= 0.3 is 0 Å². The standard InChI is InChI=1S/C20H30O3/c1-12-9-14-15-3-4-18(23)19(15,2)7-6-16(14)20(11-21)8-5-13(22)10-17(12)20/h10,12,14-16,18,21,23H,3-9,11H2,1-2H3/t12-,14-,15-,16-,18-,19-,20-/m0/s1. The van der Waals surface area contributed by atoms with E-state index in [0.717, 1.165) is 38.5 Å². The van der Waals surface area contributed by atoms with Gasteiger partial charge in [0.05, 0.1) is 12.7 Å². The lowest BCUT2D eigenvalue weighted by Crippen LogP contribution is -2.55. The van der Waals surface area contributed by atoms with Crippen LogP contribution in [0.25, 0.3) is 0 Å². The highest BCUT2D eigenvalue weighted by molar-refractivity contribution is 5.91. The summed E-state index contributed by atoms with van der Waals surface area (Å²) in [6, 6.07) is 0. The third-order valence-electron chi connectivity index (χ3n) is 8.24. The SMILES string of the molecule is C[C@H]1C[C@@H]2[C@H](CC[C@]3(C)[C@@H](O)CC[C@@H]23)[C@@]2(CO)CCC(=O)C=C12. The molecule has 0 amide bonds. The molecule has 4 aliphatic carbocycles. The minimum Gasteiger partial charge on any atom is -0.395 e. The van der Waals surface area contributed by atoms with Crippen LogP contribution in [0.4, 0.5) is 0 Å². The molecule has 0 heterocycles. The fourth-order valence-corrected chi connectivity index (χ4v) is 7.01. The van der Waals surface area contributed by atoms with Gasteiger partial charge in [0.2, 0.25) is 0 Å². The minimum atomic E-state index is -0.162. The lowest BCUT2D eigenvalue weighted by Gasteiger charge is -2.59. The number of hydrogen-bond acceptors (Lipinski definition) is 3. The Bertz CT molecular complexity index is 553. The molecule has 0 radical (unpaired) electrons. The second-order valence-corrected chi connectivity index (χ2v) is 9.03. The van der Waals surface area contributed by atoms with Crippen LogP contribution in [0.5, 0.6) is 0 Å². The van der Waals surface area contributed by atoms with Crippen LogP contribution in [0, 0.1) is 34.5 Å². The summed E-state index contributed by atoms with van der Waals surface area (Å²) in [6.07, 6.45) is 8.48. The van der Waals surface area contributed by atoms with Gasteiger partial charge in [-0.25, -0.2) is 0 Å². The van der Waals surface area contributed by atoms with Crippen molar-refractivity contribution in [3.63, 3.8) is 0 Å². The molecule has 128 valence electrons. The molecule has 2 N–H and O–H groups in total. The van der Waals surface area contributed by atoms with E-state index in [0.29, 0.717) is 30.1 Å². The molecule has 4 rings (SSSR count). The maximum Gasteiger partial charge on any atom is 0.155 e. The van der Waals surface area contributed by atoms with Crippen LogP contribution >= 0.6 is 0 Å². The Morgan fingerprint density at radius 3 is 2.74 bits per heavy atom. The third kappa shape index (κ3) is 1.99. The predicted molar refractivity (Wildman–Crippen MR) is 88.7 cm³/mol. The van der Waals surface area contributed by atoms with Crippen molar-refractivity contribution < 1.29 is 15.0 Å². The van der Waals surface area contributed by atoms with Gasteiger partial charge in [-0.05, 0) is 73.7 Å². The summed E-state index contributed by atoms with van der Waals surface area (Å²) in [5.74, 6) is 2.30.